The van der Waals surface area contributed by atoms with Crippen LogP contribution in [0.15, 0.2) is 48.5 Å². The zero-order valence-electron chi connectivity index (χ0n) is 11.2. The molecule has 0 saturated carbocycles. The first-order chi connectivity index (χ1) is 9.34. The largest absolute Gasteiger partial charge is 0.313 e. The molecule has 1 aliphatic carbocycles. The number of hydrogen-bond donors (Lipinski definition) is 0. The second-order valence-corrected chi connectivity index (χ2v) is 5.47. The van der Waals surface area contributed by atoms with Gasteiger partial charge in [-0.05, 0) is 55.5 Å². The third-order valence-electron chi connectivity index (χ3n) is 4.19. The molecular weight excluding hydrogens is 230 g/mol. The molecule has 0 aliphatic heterocycles. The van der Waals surface area contributed by atoms with Crippen molar-refractivity contribution < 1.29 is 0 Å². The fourth-order valence-electron chi connectivity index (χ4n) is 3.36. The average molecular weight is 247 g/mol. The number of hydrogen-bond acceptors (Lipinski definition) is 0. The van der Waals surface area contributed by atoms with Crippen LogP contribution in [0.4, 0.5) is 0 Å². The fraction of sp³-hybridized carbons (Fsp3) is 0.222. The van der Waals surface area contributed by atoms with Gasteiger partial charge in [-0.25, -0.2) is 0 Å². The first kappa shape index (κ1) is 10.9. The molecular formula is C18H17N. The molecule has 3 aromatic rings. The quantitative estimate of drug-likeness (QED) is 0.599. The van der Waals surface area contributed by atoms with Crippen LogP contribution in [0.3, 0.4) is 0 Å². The van der Waals surface area contributed by atoms with Gasteiger partial charge in [-0.1, -0.05) is 30.3 Å². The number of benzene rings is 2. The van der Waals surface area contributed by atoms with Gasteiger partial charge in [0.05, 0.1) is 5.52 Å². The SMILES string of the molecule is Cc1ccc2c3c(n(-c4ccccc4)c2c1)CCC3. The van der Waals surface area contributed by atoms with E-state index in [-0.39, 0.29) is 0 Å². The average Bonchev–Trinajstić information content (AvgIpc) is 2.99. The second kappa shape index (κ2) is 3.99. The summed E-state index contributed by atoms with van der Waals surface area (Å²) in [4.78, 5) is 0. The van der Waals surface area contributed by atoms with E-state index in [9.17, 15) is 0 Å². The van der Waals surface area contributed by atoms with E-state index in [1.165, 1.54) is 47.1 Å². The summed E-state index contributed by atoms with van der Waals surface area (Å²) in [5.41, 5.74) is 7.09. The van der Waals surface area contributed by atoms with E-state index in [1.54, 1.807) is 5.56 Å². The highest BCUT2D eigenvalue weighted by Crippen LogP contribution is 2.35. The molecule has 0 unspecified atom stereocenters. The summed E-state index contributed by atoms with van der Waals surface area (Å²) in [6, 6.07) is 17.6. The van der Waals surface area contributed by atoms with Gasteiger partial charge in [0.2, 0.25) is 0 Å². The van der Waals surface area contributed by atoms with Crippen LogP contribution in [-0.2, 0) is 12.8 Å². The van der Waals surface area contributed by atoms with Crippen LogP contribution in [0.25, 0.3) is 16.6 Å². The number of para-hydroxylation sites is 1. The molecule has 0 saturated heterocycles. The second-order valence-electron chi connectivity index (χ2n) is 5.47. The monoisotopic (exact) mass is 247 g/mol. The lowest BCUT2D eigenvalue weighted by Crippen LogP contribution is -1.98. The minimum absolute atomic E-state index is 1.21. The van der Waals surface area contributed by atoms with E-state index in [0.717, 1.165) is 0 Å². The third-order valence-corrected chi connectivity index (χ3v) is 4.19. The smallest absolute Gasteiger partial charge is 0.0536 e. The van der Waals surface area contributed by atoms with Crippen molar-refractivity contribution in [2.24, 2.45) is 0 Å². The summed E-state index contributed by atoms with van der Waals surface area (Å²) >= 11 is 0. The molecule has 0 N–H and O–H groups in total. The molecule has 4 rings (SSSR count). The van der Waals surface area contributed by atoms with E-state index >= 15 is 0 Å². The maximum Gasteiger partial charge on any atom is 0.0536 e. The van der Waals surface area contributed by atoms with Crippen molar-refractivity contribution in [3.63, 3.8) is 0 Å². The van der Waals surface area contributed by atoms with Crippen molar-refractivity contribution in [3.05, 3.63) is 65.4 Å². The Labute approximate surface area is 113 Å². The molecule has 0 bridgehead atoms. The fourth-order valence-corrected chi connectivity index (χ4v) is 3.36. The van der Waals surface area contributed by atoms with E-state index in [2.05, 4.69) is 60.0 Å². The minimum Gasteiger partial charge on any atom is -0.313 e. The van der Waals surface area contributed by atoms with Crippen LogP contribution in [0.1, 0.15) is 23.2 Å². The van der Waals surface area contributed by atoms with Crippen LogP contribution in [-0.4, -0.2) is 4.57 Å². The maximum absolute atomic E-state index is 2.46. The van der Waals surface area contributed by atoms with E-state index in [4.69, 9.17) is 0 Å². The molecule has 1 aromatic heterocycles. The van der Waals surface area contributed by atoms with Gasteiger partial charge >= 0.3 is 0 Å². The molecule has 0 atom stereocenters. The van der Waals surface area contributed by atoms with E-state index in [0.29, 0.717) is 0 Å². The Morgan fingerprint density at radius 1 is 0.947 bits per heavy atom. The molecule has 0 amide bonds. The summed E-state index contributed by atoms with van der Waals surface area (Å²) in [5.74, 6) is 0. The Kier molecular flexibility index (Phi) is 2.28. The molecule has 1 heteroatoms. The van der Waals surface area contributed by atoms with Crippen LogP contribution in [0.2, 0.25) is 0 Å². The maximum atomic E-state index is 2.46. The number of nitrogens with zero attached hydrogens (tertiary/aromatic N) is 1. The van der Waals surface area contributed by atoms with Crippen molar-refractivity contribution >= 4 is 10.9 Å². The van der Waals surface area contributed by atoms with Crippen molar-refractivity contribution in [2.45, 2.75) is 26.2 Å². The number of aromatic nitrogens is 1. The summed E-state index contributed by atoms with van der Waals surface area (Å²) in [6.07, 6.45) is 3.73. The van der Waals surface area contributed by atoms with E-state index < -0.39 is 0 Å². The molecule has 94 valence electrons. The molecule has 1 nitrogen and oxygen atoms in total. The topological polar surface area (TPSA) is 4.93 Å². The Hall–Kier alpha value is -2.02. The lowest BCUT2D eigenvalue weighted by Gasteiger charge is -2.09. The zero-order valence-corrected chi connectivity index (χ0v) is 11.2. The summed E-state index contributed by atoms with van der Waals surface area (Å²) in [7, 11) is 0. The molecule has 1 heterocycles. The molecule has 0 spiro atoms. The number of aryl methyl sites for hydroxylation is 2. The first-order valence-corrected chi connectivity index (χ1v) is 7.03. The highest BCUT2D eigenvalue weighted by Gasteiger charge is 2.21. The van der Waals surface area contributed by atoms with Crippen LogP contribution in [0, 0.1) is 6.92 Å². The van der Waals surface area contributed by atoms with Gasteiger partial charge in [0.25, 0.3) is 0 Å². The summed E-state index contributed by atoms with van der Waals surface area (Å²) in [5, 5.41) is 1.45. The predicted octanol–water partition coefficient (Wildman–Crippen LogP) is 4.43. The Bertz CT molecular complexity index is 750. The standard InChI is InChI=1S/C18H17N/c1-13-10-11-16-15-8-5-9-17(15)19(18(16)12-13)14-6-3-2-4-7-14/h2-4,6-7,10-12H,5,8-9H2,1H3. The highest BCUT2D eigenvalue weighted by molar-refractivity contribution is 5.88. The van der Waals surface area contributed by atoms with Crippen molar-refractivity contribution in [1.29, 1.82) is 0 Å². The normalized spacial score (nSPS) is 13.9. The van der Waals surface area contributed by atoms with Gasteiger partial charge < -0.3 is 4.57 Å². The zero-order chi connectivity index (χ0) is 12.8. The van der Waals surface area contributed by atoms with Gasteiger partial charge in [0, 0.05) is 16.8 Å². The summed E-state index contributed by atoms with van der Waals surface area (Å²) < 4.78 is 2.46. The van der Waals surface area contributed by atoms with Gasteiger partial charge in [0.15, 0.2) is 0 Å². The van der Waals surface area contributed by atoms with Gasteiger partial charge in [0.1, 0.15) is 0 Å². The summed E-state index contributed by atoms with van der Waals surface area (Å²) in [6.45, 7) is 2.17. The Morgan fingerprint density at radius 3 is 2.63 bits per heavy atom. The Balaban J connectivity index is 2.12. The van der Waals surface area contributed by atoms with Crippen LogP contribution >= 0.6 is 0 Å². The molecule has 2 aromatic carbocycles. The molecule has 19 heavy (non-hydrogen) atoms. The highest BCUT2D eigenvalue weighted by atomic mass is 15.0. The van der Waals surface area contributed by atoms with Crippen molar-refractivity contribution in [3.8, 4) is 5.69 Å². The lowest BCUT2D eigenvalue weighted by molar-refractivity contribution is 0.874. The van der Waals surface area contributed by atoms with Crippen LogP contribution < -0.4 is 0 Å². The number of rotatable bonds is 1. The van der Waals surface area contributed by atoms with E-state index in [1.807, 2.05) is 0 Å². The predicted molar refractivity (Wildman–Crippen MR) is 80.0 cm³/mol. The van der Waals surface area contributed by atoms with Crippen LogP contribution in [0.5, 0.6) is 0 Å². The first-order valence-electron chi connectivity index (χ1n) is 7.03. The van der Waals surface area contributed by atoms with Gasteiger partial charge in [-0.3, -0.25) is 0 Å². The number of fused-ring (bicyclic) bond motifs is 3. The third kappa shape index (κ3) is 1.54. The minimum atomic E-state index is 1.21. The van der Waals surface area contributed by atoms with Crippen molar-refractivity contribution in [2.75, 3.05) is 0 Å². The van der Waals surface area contributed by atoms with Gasteiger partial charge in [-0.2, -0.15) is 0 Å². The van der Waals surface area contributed by atoms with Crippen molar-refractivity contribution in [1.82, 2.24) is 4.57 Å². The molecule has 0 radical (unpaired) electrons. The molecule has 0 fully saturated rings. The Morgan fingerprint density at radius 2 is 1.79 bits per heavy atom. The lowest BCUT2D eigenvalue weighted by atomic mass is 10.1. The molecule has 1 aliphatic rings. The van der Waals surface area contributed by atoms with Gasteiger partial charge in [-0.15, -0.1) is 0 Å².